The summed E-state index contributed by atoms with van der Waals surface area (Å²) >= 11 is 0. The molecule has 0 spiro atoms. The second-order valence-electron chi connectivity index (χ2n) is 8.11. The second-order valence-corrected chi connectivity index (χ2v) is 8.11. The average Bonchev–Trinajstić information content (AvgIpc) is 2.79. The first kappa shape index (κ1) is 33.0. The van der Waals surface area contributed by atoms with Crippen molar-refractivity contribution in [1.29, 1.82) is 0 Å². The molecule has 17 heteroatoms. The lowest BCUT2D eigenvalue weighted by Crippen LogP contribution is -2.59. The summed E-state index contributed by atoms with van der Waals surface area (Å²) in [7, 11) is 0. The van der Waals surface area contributed by atoms with Gasteiger partial charge in [-0.1, -0.05) is 0 Å². The van der Waals surface area contributed by atoms with Crippen LogP contribution in [0.3, 0.4) is 0 Å². The smallest absolute Gasteiger partial charge is 0.326 e. The van der Waals surface area contributed by atoms with Gasteiger partial charge in [-0.05, 0) is 32.6 Å². The van der Waals surface area contributed by atoms with Crippen LogP contribution in [0.4, 0.5) is 0 Å². The van der Waals surface area contributed by atoms with Crippen LogP contribution in [0.5, 0.6) is 0 Å². The number of aliphatic hydroxyl groups is 1. The maximum Gasteiger partial charge on any atom is 0.326 e. The van der Waals surface area contributed by atoms with E-state index in [4.69, 9.17) is 27.4 Å². The molecule has 5 atom stereocenters. The summed E-state index contributed by atoms with van der Waals surface area (Å²) in [5, 5.41) is 43.5. The highest BCUT2D eigenvalue weighted by Crippen LogP contribution is 2.05. The molecule has 0 fully saturated rings. The first-order valence-electron chi connectivity index (χ1n) is 11.2. The Hall–Kier alpha value is -3.99. The molecule has 17 nitrogen and oxygen atoms in total. The molecular weight excluding hydrogens is 498 g/mol. The van der Waals surface area contributed by atoms with Crippen LogP contribution < -0.4 is 33.2 Å². The van der Waals surface area contributed by atoms with E-state index >= 15 is 0 Å². The van der Waals surface area contributed by atoms with Gasteiger partial charge >= 0.3 is 17.9 Å². The summed E-state index contributed by atoms with van der Waals surface area (Å²) in [5.74, 6) is -7.09. The fraction of sp³-hybridized carbons (Fsp3) is 0.650. The Morgan fingerprint density at radius 1 is 0.784 bits per heavy atom. The number of rotatable bonds is 18. The van der Waals surface area contributed by atoms with Crippen molar-refractivity contribution in [1.82, 2.24) is 16.0 Å². The van der Waals surface area contributed by atoms with Crippen molar-refractivity contribution in [3.05, 3.63) is 0 Å². The van der Waals surface area contributed by atoms with Crippen LogP contribution in [0.2, 0.25) is 0 Å². The monoisotopic (exact) mass is 533 g/mol. The predicted molar refractivity (Wildman–Crippen MR) is 127 cm³/mol. The zero-order valence-corrected chi connectivity index (χ0v) is 20.3. The predicted octanol–water partition coefficient (Wildman–Crippen LogP) is -3.98. The van der Waals surface area contributed by atoms with Crippen LogP contribution in [-0.4, -0.2) is 98.8 Å². The number of guanidine groups is 1. The lowest BCUT2D eigenvalue weighted by atomic mass is 10.1. The number of carbonyl (C=O) groups is 6. The highest BCUT2D eigenvalue weighted by atomic mass is 16.4. The van der Waals surface area contributed by atoms with E-state index in [0.29, 0.717) is 0 Å². The highest BCUT2D eigenvalue weighted by molar-refractivity contribution is 5.94. The Morgan fingerprint density at radius 3 is 1.81 bits per heavy atom. The van der Waals surface area contributed by atoms with Crippen LogP contribution in [0.1, 0.15) is 45.4 Å². The molecule has 0 radical (unpaired) electrons. The quantitative estimate of drug-likeness (QED) is 0.0457. The largest absolute Gasteiger partial charge is 0.481 e. The van der Waals surface area contributed by atoms with Crippen molar-refractivity contribution in [2.75, 3.05) is 6.54 Å². The molecular formula is C20H35N7O10. The summed E-state index contributed by atoms with van der Waals surface area (Å²) in [5.41, 5.74) is 16.1. The van der Waals surface area contributed by atoms with Crippen molar-refractivity contribution in [2.45, 2.75) is 75.7 Å². The zero-order chi connectivity index (χ0) is 28.7. The number of carboxylic acid groups (broad SMARTS) is 3. The Bertz CT molecular complexity index is 860. The Kier molecular flexibility index (Phi) is 14.8. The van der Waals surface area contributed by atoms with E-state index in [1.165, 1.54) is 6.92 Å². The van der Waals surface area contributed by atoms with Gasteiger partial charge in [-0.15, -0.1) is 0 Å². The van der Waals surface area contributed by atoms with E-state index in [0.717, 1.165) is 0 Å². The number of nitrogens with zero attached hydrogens (tertiary/aromatic N) is 1. The Morgan fingerprint density at radius 2 is 1.32 bits per heavy atom. The SMILES string of the molecule is CC(O)C(NC(=O)C(N)CCC(=O)O)C(=O)NC(CCCN=C(N)N)C(=O)NC(CCC(=O)O)C(=O)O. The van der Waals surface area contributed by atoms with Crippen molar-refractivity contribution in [2.24, 2.45) is 22.2 Å². The number of hydrogen-bond acceptors (Lipinski definition) is 9. The Labute approximate surface area is 211 Å². The van der Waals surface area contributed by atoms with Crippen LogP contribution in [-0.2, 0) is 28.8 Å². The molecule has 0 saturated heterocycles. The van der Waals surface area contributed by atoms with Crippen molar-refractivity contribution in [3.63, 3.8) is 0 Å². The molecule has 0 aliphatic heterocycles. The zero-order valence-electron chi connectivity index (χ0n) is 20.3. The lowest BCUT2D eigenvalue weighted by Gasteiger charge is -2.26. The molecule has 0 heterocycles. The van der Waals surface area contributed by atoms with Gasteiger partial charge in [0.2, 0.25) is 17.7 Å². The van der Waals surface area contributed by atoms with Crippen LogP contribution in [0.25, 0.3) is 0 Å². The molecule has 37 heavy (non-hydrogen) atoms. The molecule has 0 aromatic heterocycles. The highest BCUT2D eigenvalue weighted by Gasteiger charge is 2.32. The third-order valence-electron chi connectivity index (χ3n) is 4.91. The number of aliphatic hydroxyl groups excluding tert-OH is 1. The molecule has 210 valence electrons. The molecule has 0 bridgehead atoms. The molecule has 0 aromatic rings. The van der Waals surface area contributed by atoms with Gasteiger partial charge in [0, 0.05) is 19.4 Å². The lowest BCUT2D eigenvalue weighted by molar-refractivity contribution is -0.143. The first-order valence-corrected chi connectivity index (χ1v) is 11.2. The third kappa shape index (κ3) is 14.2. The van der Waals surface area contributed by atoms with Gasteiger partial charge in [0.25, 0.3) is 0 Å². The fourth-order valence-corrected chi connectivity index (χ4v) is 2.91. The third-order valence-corrected chi connectivity index (χ3v) is 4.91. The number of nitrogens with two attached hydrogens (primary N) is 3. The first-order chi connectivity index (χ1) is 17.1. The number of aliphatic carboxylic acids is 3. The number of carboxylic acids is 3. The fourth-order valence-electron chi connectivity index (χ4n) is 2.91. The molecule has 5 unspecified atom stereocenters. The van der Waals surface area contributed by atoms with Gasteiger partial charge < -0.3 is 53.6 Å². The molecule has 0 aliphatic carbocycles. The number of amides is 3. The summed E-state index contributed by atoms with van der Waals surface area (Å²) in [6, 6.07) is -5.85. The molecule has 13 N–H and O–H groups in total. The summed E-state index contributed by atoms with van der Waals surface area (Å²) < 4.78 is 0. The topological polar surface area (TPSA) is 310 Å². The maximum atomic E-state index is 12.8. The standard InChI is InChI=1S/C20H35N7O10/c1-9(28)15(27-16(33)10(21)4-6-13(29)30)18(35)25-11(3-2-8-24-20(22)23)17(34)26-12(19(36)37)5-7-14(31)32/h9-12,15,28H,2-8,21H2,1H3,(H,25,35)(H,26,34)(H,27,33)(H,29,30)(H,31,32)(H,36,37)(H4,22,23,24). The molecule has 0 saturated carbocycles. The van der Waals surface area contributed by atoms with E-state index in [1.807, 2.05) is 0 Å². The van der Waals surface area contributed by atoms with Crippen molar-refractivity contribution < 1.29 is 49.2 Å². The normalized spacial score (nSPS) is 14.7. The number of aliphatic imine (C=N–C) groups is 1. The van der Waals surface area contributed by atoms with E-state index in [2.05, 4.69) is 20.9 Å². The summed E-state index contributed by atoms with van der Waals surface area (Å²) in [4.78, 5) is 74.5. The van der Waals surface area contributed by atoms with Gasteiger partial charge in [-0.2, -0.15) is 0 Å². The van der Waals surface area contributed by atoms with Crippen molar-refractivity contribution in [3.8, 4) is 0 Å². The van der Waals surface area contributed by atoms with Gasteiger partial charge in [-0.3, -0.25) is 29.0 Å². The van der Waals surface area contributed by atoms with Crippen LogP contribution in [0.15, 0.2) is 4.99 Å². The van der Waals surface area contributed by atoms with Gasteiger partial charge in [-0.25, -0.2) is 4.79 Å². The molecule has 3 amide bonds. The molecule has 0 rings (SSSR count). The minimum Gasteiger partial charge on any atom is -0.481 e. The summed E-state index contributed by atoms with van der Waals surface area (Å²) in [6.45, 7) is 1.23. The number of nitrogens with one attached hydrogen (secondary N) is 3. The minimum absolute atomic E-state index is 0.0539. The maximum absolute atomic E-state index is 12.8. The minimum atomic E-state index is -1.60. The van der Waals surface area contributed by atoms with Gasteiger partial charge in [0.1, 0.15) is 18.1 Å². The Balaban J connectivity index is 5.57. The van der Waals surface area contributed by atoms with Crippen LogP contribution >= 0.6 is 0 Å². The number of carbonyl (C=O) groups excluding carboxylic acids is 3. The molecule has 0 aromatic carbocycles. The van der Waals surface area contributed by atoms with E-state index in [-0.39, 0.29) is 31.8 Å². The summed E-state index contributed by atoms with van der Waals surface area (Å²) in [6.07, 6.45) is -3.04. The van der Waals surface area contributed by atoms with Crippen molar-refractivity contribution >= 4 is 41.6 Å². The second kappa shape index (κ2) is 16.6. The van der Waals surface area contributed by atoms with E-state index in [1.54, 1.807) is 0 Å². The number of hydrogen-bond donors (Lipinski definition) is 10. The molecule has 0 aliphatic rings. The average molecular weight is 534 g/mol. The van der Waals surface area contributed by atoms with Crippen LogP contribution in [0, 0.1) is 0 Å². The van der Waals surface area contributed by atoms with E-state index < -0.39 is 85.2 Å². The van der Waals surface area contributed by atoms with E-state index in [9.17, 15) is 39.0 Å². The van der Waals surface area contributed by atoms with Gasteiger partial charge in [0.05, 0.1) is 12.1 Å². The van der Waals surface area contributed by atoms with Gasteiger partial charge in [0.15, 0.2) is 5.96 Å².